The van der Waals surface area contributed by atoms with Crippen LogP contribution in [0, 0.1) is 0 Å². The molecule has 0 aromatic heterocycles. The van der Waals surface area contributed by atoms with Crippen LogP contribution in [0.4, 0.5) is 0 Å². The largest absolute Gasteiger partial charge is 0.496 e. The molecule has 18 heavy (non-hydrogen) atoms. The SMILES string of the molecule is COc1cc(CCNC(=O)CN)c(OC)cc1Br. The molecule has 0 bridgehead atoms. The normalized spacial score (nSPS) is 10.0. The molecule has 0 heterocycles. The molecule has 0 saturated carbocycles. The Hall–Kier alpha value is -1.27. The van der Waals surface area contributed by atoms with E-state index in [1.807, 2.05) is 12.1 Å². The van der Waals surface area contributed by atoms with Gasteiger partial charge in [-0.1, -0.05) is 0 Å². The molecule has 100 valence electrons. The van der Waals surface area contributed by atoms with Crippen molar-refractivity contribution in [3.05, 3.63) is 22.2 Å². The van der Waals surface area contributed by atoms with Crippen LogP contribution < -0.4 is 20.5 Å². The Kier molecular flexibility index (Phi) is 5.94. The van der Waals surface area contributed by atoms with Crippen LogP contribution in [0.3, 0.4) is 0 Å². The lowest BCUT2D eigenvalue weighted by Gasteiger charge is -2.12. The second-order valence-electron chi connectivity index (χ2n) is 3.60. The number of nitrogens with two attached hydrogens (primary N) is 1. The van der Waals surface area contributed by atoms with E-state index >= 15 is 0 Å². The molecule has 0 aliphatic rings. The second-order valence-corrected chi connectivity index (χ2v) is 4.46. The average Bonchev–Trinajstić information content (AvgIpc) is 2.39. The molecule has 1 aromatic rings. The quantitative estimate of drug-likeness (QED) is 0.823. The van der Waals surface area contributed by atoms with Crippen molar-refractivity contribution in [1.82, 2.24) is 5.32 Å². The van der Waals surface area contributed by atoms with Crippen molar-refractivity contribution in [2.75, 3.05) is 27.3 Å². The van der Waals surface area contributed by atoms with Crippen LogP contribution >= 0.6 is 15.9 Å². The number of hydrogen-bond donors (Lipinski definition) is 2. The lowest BCUT2D eigenvalue weighted by Crippen LogP contribution is -2.31. The van der Waals surface area contributed by atoms with Crippen molar-refractivity contribution < 1.29 is 14.3 Å². The highest BCUT2D eigenvalue weighted by atomic mass is 79.9. The van der Waals surface area contributed by atoms with Gasteiger partial charge in [-0.3, -0.25) is 4.79 Å². The van der Waals surface area contributed by atoms with Crippen molar-refractivity contribution in [3.63, 3.8) is 0 Å². The number of amides is 1. The molecular weight excluding hydrogens is 300 g/mol. The number of benzene rings is 1. The van der Waals surface area contributed by atoms with E-state index in [0.717, 1.165) is 21.5 Å². The van der Waals surface area contributed by atoms with Crippen molar-refractivity contribution in [2.24, 2.45) is 5.73 Å². The van der Waals surface area contributed by atoms with Crippen LogP contribution in [-0.4, -0.2) is 33.2 Å². The number of hydrogen-bond acceptors (Lipinski definition) is 4. The highest BCUT2D eigenvalue weighted by Gasteiger charge is 2.09. The topological polar surface area (TPSA) is 73.6 Å². The van der Waals surface area contributed by atoms with Gasteiger partial charge >= 0.3 is 0 Å². The van der Waals surface area contributed by atoms with Crippen LogP contribution in [0.5, 0.6) is 11.5 Å². The summed E-state index contributed by atoms with van der Waals surface area (Å²) in [5.74, 6) is 1.32. The van der Waals surface area contributed by atoms with Gasteiger partial charge in [-0.25, -0.2) is 0 Å². The maximum absolute atomic E-state index is 11.0. The first kappa shape index (κ1) is 14.8. The van der Waals surface area contributed by atoms with Gasteiger partial charge in [0.15, 0.2) is 0 Å². The molecule has 1 rings (SSSR count). The van der Waals surface area contributed by atoms with Crippen molar-refractivity contribution in [1.29, 1.82) is 0 Å². The van der Waals surface area contributed by atoms with Crippen LogP contribution in [0.1, 0.15) is 5.56 Å². The molecule has 0 saturated heterocycles. The van der Waals surface area contributed by atoms with E-state index in [2.05, 4.69) is 21.2 Å². The molecule has 0 fully saturated rings. The first-order chi connectivity index (χ1) is 8.62. The highest BCUT2D eigenvalue weighted by molar-refractivity contribution is 9.10. The summed E-state index contributed by atoms with van der Waals surface area (Å²) < 4.78 is 11.3. The van der Waals surface area contributed by atoms with Gasteiger partial charge in [0, 0.05) is 6.54 Å². The van der Waals surface area contributed by atoms with Crippen LogP contribution in [-0.2, 0) is 11.2 Å². The van der Waals surface area contributed by atoms with Crippen LogP contribution in [0.25, 0.3) is 0 Å². The Balaban J connectivity index is 2.76. The molecule has 0 aliphatic carbocycles. The Morgan fingerprint density at radius 2 is 2.00 bits per heavy atom. The molecule has 0 unspecified atom stereocenters. The fourth-order valence-corrected chi connectivity index (χ4v) is 2.01. The first-order valence-electron chi connectivity index (χ1n) is 5.49. The Morgan fingerprint density at radius 3 is 2.56 bits per heavy atom. The Labute approximate surface area is 115 Å². The standard InChI is InChI=1S/C12H17BrN2O3/c1-17-10-6-9(13)11(18-2)5-8(10)3-4-15-12(16)7-14/h5-6H,3-4,7,14H2,1-2H3,(H,15,16). The zero-order valence-corrected chi connectivity index (χ0v) is 12.0. The van der Waals surface area contributed by atoms with Gasteiger partial charge in [0.1, 0.15) is 11.5 Å². The predicted molar refractivity (Wildman–Crippen MR) is 73.0 cm³/mol. The third-order valence-corrected chi connectivity index (χ3v) is 3.08. The Morgan fingerprint density at radius 1 is 1.33 bits per heavy atom. The molecule has 5 nitrogen and oxygen atoms in total. The van der Waals surface area contributed by atoms with Crippen LogP contribution in [0.15, 0.2) is 16.6 Å². The summed E-state index contributed by atoms with van der Waals surface area (Å²) in [5, 5.41) is 2.71. The van der Waals surface area contributed by atoms with Gasteiger partial charge in [0.2, 0.25) is 5.91 Å². The molecule has 0 atom stereocenters. The van der Waals surface area contributed by atoms with Gasteiger partial charge in [0.25, 0.3) is 0 Å². The van der Waals surface area contributed by atoms with Gasteiger partial charge in [-0.05, 0) is 40.0 Å². The molecule has 0 spiro atoms. The van der Waals surface area contributed by atoms with Gasteiger partial charge < -0.3 is 20.5 Å². The van der Waals surface area contributed by atoms with E-state index in [1.165, 1.54) is 0 Å². The van der Waals surface area contributed by atoms with E-state index < -0.39 is 0 Å². The highest BCUT2D eigenvalue weighted by Crippen LogP contribution is 2.32. The smallest absolute Gasteiger partial charge is 0.233 e. The predicted octanol–water partition coefficient (Wildman–Crippen LogP) is 1.08. The van der Waals surface area contributed by atoms with E-state index in [4.69, 9.17) is 15.2 Å². The minimum atomic E-state index is -0.168. The minimum absolute atomic E-state index is 0.000788. The average molecular weight is 317 g/mol. The van der Waals surface area contributed by atoms with Gasteiger partial charge in [-0.15, -0.1) is 0 Å². The number of ether oxygens (including phenoxy) is 2. The summed E-state index contributed by atoms with van der Waals surface area (Å²) in [6.45, 7) is 0.512. The van der Waals surface area contributed by atoms with Crippen molar-refractivity contribution in [3.8, 4) is 11.5 Å². The number of rotatable bonds is 6. The molecule has 3 N–H and O–H groups in total. The van der Waals surface area contributed by atoms with E-state index in [0.29, 0.717) is 13.0 Å². The molecular formula is C12H17BrN2O3. The zero-order chi connectivity index (χ0) is 13.5. The summed E-state index contributed by atoms with van der Waals surface area (Å²) >= 11 is 3.39. The lowest BCUT2D eigenvalue weighted by molar-refractivity contribution is -0.119. The molecule has 1 aromatic carbocycles. The number of carbonyl (C=O) groups is 1. The molecule has 1 amide bonds. The summed E-state index contributed by atoms with van der Waals surface area (Å²) in [6, 6.07) is 3.73. The zero-order valence-electron chi connectivity index (χ0n) is 10.5. The number of carbonyl (C=O) groups excluding carboxylic acids is 1. The second kappa shape index (κ2) is 7.23. The first-order valence-corrected chi connectivity index (χ1v) is 6.28. The Bertz CT molecular complexity index is 424. The summed E-state index contributed by atoms with van der Waals surface area (Å²) in [5.41, 5.74) is 6.18. The number of halogens is 1. The van der Waals surface area contributed by atoms with Crippen molar-refractivity contribution in [2.45, 2.75) is 6.42 Å². The van der Waals surface area contributed by atoms with E-state index in [1.54, 1.807) is 14.2 Å². The van der Waals surface area contributed by atoms with Crippen molar-refractivity contribution >= 4 is 21.8 Å². The molecule has 0 radical (unpaired) electrons. The van der Waals surface area contributed by atoms with Crippen LogP contribution in [0.2, 0.25) is 0 Å². The lowest BCUT2D eigenvalue weighted by atomic mass is 10.1. The summed E-state index contributed by atoms with van der Waals surface area (Å²) in [4.78, 5) is 11.0. The fourth-order valence-electron chi connectivity index (χ4n) is 1.53. The minimum Gasteiger partial charge on any atom is -0.496 e. The van der Waals surface area contributed by atoms with Gasteiger partial charge in [0.05, 0.1) is 25.2 Å². The fraction of sp³-hybridized carbons (Fsp3) is 0.417. The maximum Gasteiger partial charge on any atom is 0.233 e. The van der Waals surface area contributed by atoms with E-state index in [9.17, 15) is 4.79 Å². The summed E-state index contributed by atoms with van der Waals surface area (Å²) in [6.07, 6.45) is 0.651. The summed E-state index contributed by atoms with van der Waals surface area (Å²) in [7, 11) is 3.21. The number of nitrogens with one attached hydrogen (secondary N) is 1. The third-order valence-electron chi connectivity index (χ3n) is 2.46. The maximum atomic E-state index is 11.0. The third kappa shape index (κ3) is 3.89. The monoisotopic (exact) mass is 316 g/mol. The number of methoxy groups -OCH3 is 2. The van der Waals surface area contributed by atoms with E-state index in [-0.39, 0.29) is 12.5 Å². The molecule has 6 heteroatoms. The molecule has 0 aliphatic heterocycles. The van der Waals surface area contributed by atoms with Gasteiger partial charge in [-0.2, -0.15) is 0 Å².